The van der Waals surface area contributed by atoms with Gasteiger partial charge in [0.1, 0.15) is 0 Å². The summed E-state index contributed by atoms with van der Waals surface area (Å²) in [6.45, 7) is 2.93. The molecule has 0 aromatic heterocycles. The molecule has 2 aliphatic rings. The van der Waals surface area contributed by atoms with E-state index in [9.17, 15) is 4.79 Å². The van der Waals surface area contributed by atoms with E-state index in [1.54, 1.807) is 6.07 Å². The van der Waals surface area contributed by atoms with Crippen LogP contribution >= 0.6 is 0 Å². The minimum absolute atomic E-state index is 0.148. The smallest absolute Gasteiger partial charge is 0.201 e. The second kappa shape index (κ2) is 5.74. The summed E-state index contributed by atoms with van der Waals surface area (Å²) in [7, 11) is 0. The molecule has 1 atom stereocenters. The Labute approximate surface area is 114 Å². The molecule has 3 nitrogen and oxygen atoms in total. The second-order valence-electron chi connectivity index (χ2n) is 5.67. The van der Waals surface area contributed by atoms with Crippen LogP contribution in [0, 0.1) is 5.92 Å². The van der Waals surface area contributed by atoms with Crippen molar-refractivity contribution in [1.29, 1.82) is 0 Å². The highest BCUT2D eigenvalue weighted by Gasteiger charge is 2.32. The van der Waals surface area contributed by atoms with Gasteiger partial charge in [0.15, 0.2) is 0 Å². The minimum atomic E-state index is 0.148. The maximum absolute atomic E-state index is 12.2. The molecular weight excluding hydrogens is 236 g/mol. The molecule has 0 spiro atoms. The molecule has 1 aromatic rings. The molecule has 1 unspecified atom stereocenters. The fourth-order valence-corrected chi connectivity index (χ4v) is 3.55. The predicted molar refractivity (Wildman–Crippen MR) is 78.7 cm³/mol. The zero-order chi connectivity index (χ0) is 13.1. The third kappa shape index (κ3) is 2.66. The molecule has 1 saturated heterocycles. The lowest BCUT2D eigenvalue weighted by atomic mass is 9.94. The summed E-state index contributed by atoms with van der Waals surface area (Å²) in [6.07, 6.45) is 5.33. The zero-order valence-electron chi connectivity index (χ0n) is 11.3. The molecule has 1 aliphatic carbocycles. The van der Waals surface area contributed by atoms with Crippen LogP contribution < -0.4 is 15.6 Å². The number of rotatable bonds is 2. The summed E-state index contributed by atoms with van der Waals surface area (Å²) in [5.41, 5.74) is 1.03. The first-order chi connectivity index (χ1) is 9.36. The Morgan fingerprint density at radius 3 is 2.74 bits per heavy atom. The van der Waals surface area contributed by atoms with E-state index < -0.39 is 0 Å². The van der Waals surface area contributed by atoms with Gasteiger partial charge in [-0.3, -0.25) is 4.79 Å². The number of hydrogen-bond acceptors (Lipinski definition) is 3. The monoisotopic (exact) mass is 258 g/mol. The highest BCUT2D eigenvalue weighted by atomic mass is 16.1. The Balaban J connectivity index is 1.91. The van der Waals surface area contributed by atoms with Gasteiger partial charge >= 0.3 is 0 Å². The Morgan fingerprint density at radius 2 is 1.89 bits per heavy atom. The molecule has 1 aliphatic heterocycles. The molecule has 2 fully saturated rings. The van der Waals surface area contributed by atoms with Crippen molar-refractivity contribution in [2.24, 2.45) is 5.92 Å². The van der Waals surface area contributed by atoms with Gasteiger partial charge in [-0.1, -0.05) is 31.0 Å². The SMILES string of the molecule is O=c1cccccc1N1CCNCC1C1CCCC1. The van der Waals surface area contributed by atoms with Crippen molar-refractivity contribution in [2.45, 2.75) is 31.7 Å². The molecule has 19 heavy (non-hydrogen) atoms. The predicted octanol–water partition coefficient (Wildman–Crippen LogP) is 2.02. The summed E-state index contributed by atoms with van der Waals surface area (Å²) < 4.78 is 0. The van der Waals surface area contributed by atoms with Gasteiger partial charge in [0.05, 0.1) is 5.69 Å². The summed E-state index contributed by atoms with van der Waals surface area (Å²) >= 11 is 0. The maximum atomic E-state index is 12.2. The van der Waals surface area contributed by atoms with Crippen LogP contribution in [0.3, 0.4) is 0 Å². The van der Waals surface area contributed by atoms with Crippen LogP contribution in [-0.2, 0) is 0 Å². The van der Waals surface area contributed by atoms with Crippen molar-refractivity contribution in [2.75, 3.05) is 24.5 Å². The first kappa shape index (κ1) is 12.7. The summed E-state index contributed by atoms with van der Waals surface area (Å²) in [5, 5.41) is 3.50. The third-order valence-corrected chi connectivity index (χ3v) is 4.51. The Bertz CT molecular complexity index is 482. The maximum Gasteiger partial charge on any atom is 0.201 e. The van der Waals surface area contributed by atoms with Crippen LogP contribution in [0.1, 0.15) is 25.7 Å². The molecule has 0 radical (unpaired) electrons. The highest BCUT2D eigenvalue weighted by Crippen LogP contribution is 2.32. The van der Waals surface area contributed by atoms with Crippen LogP contribution in [0.5, 0.6) is 0 Å². The Morgan fingerprint density at radius 1 is 1.11 bits per heavy atom. The van der Waals surface area contributed by atoms with Crippen molar-refractivity contribution in [3.05, 3.63) is 40.6 Å². The minimum Gasteiger partial charge on any atom is -0.363 e. The van der Waals surface area contributed by atoms with Gasteiger partial charge in [0, 0.05) is 25.7 Å². The van der Waals surface area contributed by atoms with Gasteiger partial charge in [0.2, 0.25) is 5.43 Å². The van der Waals surface area contributed by atoms with Crippen molar-refractivity contribution in [1.82, 2.24) is 5.32 Å². The standard InChI is InChI=1S/C16H22N2O/c19-16-9-3-1-2-8-14(16)18-11-10-17-12-15(18)13-6-4-5-7-13/h1-3,8-9,13,15,17H,4-7,10-12H2. The summed E-state index contributed by atoms with van der Waals surface area (Å²) in [6, 6.07) is 9.89. The largest absolute Gasteiger partial charge is 0.363 e. The van der Waals surface area contributed by atoms with Gasteiger partial charge < -0.3 is 10.2 Å². The van der Waals surface area contributed by atoms with Crippen molar-refractivity contribution in [3.8, 4) is 0 Å². The Hall–Kier alpha value is -1.35. The normalized spacial score (nSPS) is 24.6. The first-order valence-electron chi connectivity index (χ1n) is 7.43. The van der Waals surface area contributed by atoms with E-state index in [1.165, 1.54) is 25.7 Å². The fraction of sp³-hybridized carbons (Fsp3) is 0.562. The average molecular weight is 258 g/mol. The van der Waals surface area contributed by atoms with Crippen molar-refractivity contribution in [3.63, 3.8) is 0 Å². The van der Waals surface area contributed by atoms with Gasteiger partial charge in [-0.05, 0) is 30.9 Å². The van der Waals surface area contributed by atoms with E-state index >= 15 is 0 Å². The lowest BCUT2D eigenvalue weighted by molar-refractivity contribution is 0.355. The van der Waals surface area contributed by atoms with Gasteiger partial charge in [-0.15, -0.1) is 0 Å². The van der Waals surface area contributed by atoms with Gasteiger partial charge in [0.25, 0.3) is 0 Å². The number of nitrogens with zero attached hydrogens (tertiary/aromatic N) is 1. The molecule has 3 rings (SSSR count). The topological polar surface area (TPSA) is 32.3 Å². The molecule has 1 saturated carbocycles. The number of piperazine rings is 1. The second-order valence-corrected chi connectivity index (χ2v) is 5.67. The molecule has 1 N–H and O–H groups in total. The summed E-state index contributed by atoms with van der Waals surface area (Å²) in [4.78, 5) is 14.6. The van der Waals surface area contributed by atoms with E-state index in [0.29, 0.717) is 6.04 Å². The third-order valence-electron chi connectivity index (χ3n) is 4.51. The van der Waals surface area contributed by atoms with Gasteiger partial charge in [-0.2, -0.15) is 0 Å². The van der Waals surface area contributed by atoms with Crippen LogP contribution in [0.25, 0.3) is 0 Å². The van der Waals surface area contributed by atoms with Gasteiger partial charge in [-0.25, -0.2) is 0 Å². The number of hydrogen-bond donors (Lipinski definition) is 1. The Kier molecular flexibility index (Phi) is 3.83. The quantitative estimate of drug-likeness (QED) is 0.881. The van der Waals surface area contributed by atoms with E-state index in [2.05, 4.69) is 10.2 Å². The molecule has 1 aromatic carbocycles. The van der Waals surface area contributed by atoms with E-state index in [1.807, 2.05) is 24.3 Å². The molecule has 3 heteroatoms. The highest BCUT2D eigenvalue weighted by molar-refractivity contribution is 5.47. The van der Waals surface area contributed by atoms with E-state index in [0.717, 1.165) is 31.2 Å². The van der Waals surface area contributed by atoms with Crippen LogP contribution in [0.15, 0.2) is 35.1 Å². The van der Waals surface area contributed by atoms with Crippen LogP contribution in [0.4, 0.5) is 5.69 Å². The van der Waals surface area contributed by atoms with Crippen molar-refractivity contribution >= 4 is 5.69 Å². The summed E-state index contributed by atoms with van der Waals surface area (Å²) in [5.74, 6) is 0.748. The molecular formula is C16H22N2O. The molecule has 102 valence electrons. The van der Waals surface area contributed by atoms with Crippen LogP contribution in [-0.4, -0.2) is 25.7 Å². The lowest BCUT2D eigenvalue weighted by Crippen LogP contribution is -2.55. The number of nitrogens with one attached hydrogen (secondary N) is 1. The number of anilines is 1. The average Bonchev–Trinajstić information content (AvgIpc) is 2.89. The lowest BCUT2D eigenvalue weighted by Gasteiger charge is -2.40. The molecule has 0 amide bonds. The fourth-order valence-electron chi connectivity index (χ4n) is 3.55. The van der Waals surface area contributed by atoms with E-state index in [-0.39, 0.29) is 5.43 Å². The zero-order valence-corrected chi connectivity index (χ0v) is 11.3. The van der Waals surface area contributed by atoms with Crippen molar-refractivity contribution < 1.29 is 0 Å². The molecule has 0 bridgehead atoms. The van der Waals surface area contributed by atoms with E-state index in [4.69, 9.17) is 0 Å². The first-order valence-corrected chi connectivity index (χ1v) is 7.43. The van der Waals surface area contributed by atoms with Crippen LogP contribution in [0.2, 0.25) is 0 Å². The molecule has 1 heterocycles.